The number of rotatable bonds is 7. The normalized spacial score (nSPS) is 10.8. The maximum atomic E-state index is 13.7. The zero-order valence-electron chi connectivity index (χ0n) is 11.3. The smallest absolute Gasteiger partial charge is 0.320 e. The summed E-state index contributed by atoms with van der Waals surface area (Å²) in [7, 11) is 0. The Morgan fingerprint density at radius 3 is 2.74 bits per heavy atom. The van der Waals surface area contributed by atoms with Crippen molar-refractivity contribution in [2.45, 2.75) is 26.8 Å². The van der Waals surface area contributed by atoms with Gasteiger partial charge in [-0.25, -0.2) is 4.39 Å². The Hall–Kier alpha value is -1.13. The van der Waals surface area contributed by atoms with E-state index in [-0.39, 0.29) is 18.3 Å². The van der Waals surface area contributed by atoms with Gasteiger partial charge < -0.3 is 4.74 Å². The van der Waals surface area contributed by atoms with E-state index in [4.69, 9.17) is 16.3 Å². The van der Waals surface area contributed by atoms with Gasteiger partial charge >= 0.3 is 5.97 Å². The second-order valence-corrected chi connectivity index (χ2v) is 4.62. The molecule has 0 aliphatic rings. The Morgan fingerprint density at radius 2 is 2.16 bits per heavy atom. The molecule has 0 unspecified atom stereocenters. The van der Waals surface area contributed by atoms with Crippen molar-refractivity contribution >= 4 is 17.6 Å². The SMILES string of the molecule is CCCN(CC(=O)OCC)Cc1c(F)cccc1Cl. The average molecular weight is 288 g/mol. The van der Waals surface area contributed by atoms with Gasteiger partial charge in [-0.05, 0) is 32.0 Å². The van der Waals surface area contributed by atoms with Crippen molar-refractivity contribution in [1.82, 2.24) is 4.90 Å². The van der Waals surface area contributed by atoms with Crippen molar-refractivity contribution in [3.63, 3.8) is 0 Å². The molecule has 1 aromatic carbocycles. The van der Waals surface area contributed by atoms with Crippen LogP contribution in [0.5, 0.6) is 0 Å². The first-order valence-corrected chi connectivity index (χ1v) is 6.77. The van der Waals surface area contributed by atoms with Crippen molar-refractivity contribution in [2.75, 3.05) is 19.7 Å². The van der Waals surface area contributed by atoms with Crippen LogP contribution in [0.3, 0.4) is 0 Å². The molecule has 0 saturated carbocycles. The lowest BCUT2D eigenvalue weighted by molar-refractivity contribution is -0.144. The van der Waals surface area contributed by atoms with Crippen LogP contribution < -0.4 is 0 Å². The Labute approximate surface area is 118 Å². The predicted octanol–water partition coefficient (Wildman–Crippen LogP) is 3.25. The summed E-state index contributed by atoms with van der Waals surface area (Å²) in [6, 6.07) is 4.58. The minimum atomic E-state index is -0.350. The van der Waals surface area contributed by atoms with E-state index >= 15 is 0 Å². The van der Waals surface area contributed by atoms with Crippen LogP contribution in [0.25, 0.3) is 0 Å². The molecule has 0 radical (unpaired) electrons. The monoisotopic (exact) mass is 287 g/mol. The predicted molar refractivity (Wildman–Crippen MR) is 73.6 cm³/mol. The van der Waals surface area contributed by atoms with Gasteiger partial charge in [0.15, 0.2) is 0 Å². The molecule has 0 aliphatic carbocycles. The van der Waals surface area contributed by atoms with E-state index in [1.807, 2.05) is 11.8 Å². The summed E-state index contributed by atoms with van der Waals surface area (Å²) in [5.74, 6) is -0.652. The summed E-state index contributed by atoms with van der Waals surface area (Å²) in [6.45, 7) is 5.24. The lowest BCUT2D eigenvalue weighted by Gasteiger charge is -2.21. The number of hydrogen-bond acceptors (Lipinski definition) is 3. The number of nitrogens with zero attached hydrogens (tertiary/aromatic N) is 1. The third-order valence-corrected chi connectivity index (χ3v) is 3.00. The topological polar surface area (TPSA) is 29.5 Å². The standard InChI is InChI=1S/C14H19ClFNO2/c1-3-8-17(10-14(18)19-4-2)9-11-12(15)6-5-7-13(11)16/h5-7H,3-4,8-10H2,1-2H3. The number of esters is 1. The fraction of sp³-hybridized carbons (Fsp3) is 0.500. The second-order valence-electron chi connectivity index (χ2n) is 4.22. The quantitative estimate of drug-likeness (QED) is 0.721. The van der Waals surface area contributed by atoms with Gasteiger partial charge in [0, 0.05) is 17.1 Å². The molecule has 1 aromatic rings. The van der Waals surface area contributed by atoms with Gasteiger partial charge in [-0.1, -0.05) is 24.6 Å². The molecular formula is C14H19ClFNO2. The molecule has 0 spiro atoms. The molecule has 0 aliphatic heterocycles. The lowest BCUT2D eigenvalue weighted by atomic mass is 10.2. The number of halogens is 2. The summed E-state index contributed by atoms with van der Waals surface area (Å²) >= 11 is 5.99. The van der Waals surface area contributed by atoms with E-state index < -0.39 is 0 Å². The van der Waals surface area contributed by atoms with Gasteiger partial charge in [0.2, 0.25) is 0 Å². The second kappa shape index (κ2) is 8.12. The first kappa shape index (κ1) is 15.9. The van der Waals surface area contributed by atoms with Crippen molar-refractivity contribution in [3.05, 3.63) is 34.6 Å². The number of carbonyl (C=O) groups excluding carboxylic acids is 1. The largest absolute Gasteiger partial charge is 0.465 e. The highest BCUT2D eigenvalue weighted by Crippen LogP contribution is 2.20. The third-order valence-electron chi connectivity index (χ3n) is 2.64. The highest BCUT2D eigenvalue weighted by atomic mass is 35.5. The highest BCUT2D eigenvalue weighted by molar-refractivity contribution is 6.31. The molecular weight excluding hydrogens is 269 g/mol. The minimum absolute atomic E-state index is 0.145. The van der Waals surface area contributed by atoms with Crippen LogP contribution in [0.4, 0.5) is 4.39 Å². The number of benzene rings is 1. The first-order chi connectivity index (χ1) is 9.08. The van der Waals surface area contributed by atoms with Crippen LogP contribution in [0.15, 0.2) is 18.2 Å². The number of carbonyl (C=O) groups is 1. The van der Waals surface area contributed by atoms with Crippen LogP contribution in [0.2, 0.25) is 5.02 Å². The fourth-order valence-corrected chi connectivity index (χ4v) is 2.05. The molecule has 0 heterocycles. The van der Waals surface area contributed by atoms with E-state index in [9.17, 15) is 9.18 Å². The van der Waals surface area contributed by atoms with Crippen LogP contribution in [0, 0.1) is 5.82 Å². The molecule has 19 heavy (non-hydrogen) atoms. The van der Waals surface area contributed by atoms with Crippen molar-refractivity contribution < 1.29 is 13.9 Å². The molecule has 1 rings (SSSR count). The fourth-order valence-electron chi connectivity index (χ4n) is 1.83. The maximum absolute atomic E-state index is 13.7. The summed E-state index contributed by atoms with van der Waals surface area (Å²) in [5.41, 5.74) is 0.418. The summed E-state index contributed by atoms with van der Waals surface area (Å²) < 4.78 is 18.6. The number of hydrogen-bond donors (Lipinski definition) is 0. The Morgan fingerprint density at radius 1 is 1.42 bits per heavy atom. The van der Waals surface area contributed by atoms with Gasteiger partial charge in [-0.2, -0.15) is 0 Å². The van der Waals surface area contributed by atoms with E-state index in [0.717, 1.165) is 6.42 Å². The Bertz CT molecular complexity index is 406. The van der Waals surface area contributed by atoms with Crippen molar-refractivity contribution in [1.29, 1.82) is 0 Å². The molecule has 3 nitrogen and oxygen atoms in total. The molecule has 0 N–H and O–H groups in total. The van der Waals surface area contributed by atoms with Gasteiger partial charge in [0.1, 0.15) is 5.82 Å². The van der Waals surface area contributed by atoms with Gasteiger partial charge in [0.05, 0.1) is 13.2 Å². The van der Waals surface area contributed by atoms with Crippen molar-refractivity contribution in [2.24, 2.45) is 0 Å². The van der Waals surface area contributed by atoms with Gasteiger partial charge in [0.25, 0.3) is 0 Å². The molecule has 0 saturated heterocycles. The molecule has 0 fully saturated rings. The molecule has 0 amide bonds. The molecule has 106 valence electrons. The van der Waals surface area contributed by atoms with Crippen LogP contribution in [0.1, 0.15) is 25.8 Å². The average Bonchev–Trinajstić information content (AvgIpc) is 2.34. The van der Waals surface area contributed by atoms with Crippen LogP contribution in [-0.2, 0) is 16.1 Å². The van der Waals surface area contributed by atoms with E-state index in [0.29, 0.717) is 30.3 Å². The van der Waals surface area contributed by atoms with E-state index in [1.165, 1.54) is 6.07 Å². The van der Waals surface area contributed by atoms with Crippen LogP contribution >= 0.6 is 11.6 Å². The van der Waals surface area contributed by atoms with Crippen molar-refractivity contribution in [3.8, 4) is 0 Å². The summed E-state index contributed by atoms with van der Waals surface area (Å²) in [5, 5.41) is 0.380. The maximum Gasteiger partial charge on any atom is 0.320 e. The van der Waals surface area contributed by atoms with E-state index in [2.05, 4.69) is 0 Å². The molecule has 5 heteroatoms. The lowest BCUT2D eigenvalue weighted by Crippen LogP contribution is -2.31. The zero-order valence-corrected chi connectivity index (χ0v) is 12.0. The van der Waals surface area contributed by atoms with Gasteiger partial charge in [-0.15, -0.1) is 0 Å². The molecule has 0 aromatic heterocycles. The third kappa shape index (κ3) is 5.17. The zero-order chi connectivity index (χ0) is 14.3. The number of ether oxygens (including phenoxy) is 1. The highest BCUT2D eigenvalue weighted by Gasteiger charge is 2.15. The summed E-state index contributed by atoms with van der Waals surface area (Å²) in [4.78, 5) is 13.3. The molecule has 0 atom stereocenters. The first-order valence-electron chi connectivity index (χ1n) is 6.39. The minimum Gasteiger partial charge on any atom is -0.465 e. The molecule has 0 bridgehead atoms. The van der Waals surface area contributed by atoms with Crippen LogP contribution in [-0.4, -0.2) is 30.6 Å². The van der Waals surface area contributed by atoms with E-state index in [1.54, 1.807) is 19.1 Å². The Kier molecular flexibility index (Phi) is 6.81. The summed E-state index contributed by atoms with van der Waals surface area (Å²) in [6.07, 6.45) is 0.867. The Balaban J connectivity index is 2.75. The van der Waals surface area contributed by atoms with Gasteiger partial charge in [-0.3, -0.25) is 9.69 Å².